The number of hydrogen-bond acceptors (Lipinski definition) is 5. The van der Waals surface area contributed by atoms with E-state index in [4.69, 9.17) is 4.42 Å². The number of anilines is 1. The summed E-state index contributed by atoms with van der Waals surface area (Å²) in [6.07, 6.45) is 1.36. The van der Waals surface area contributed by atoms with E-state index in [1.54, 1.807) is 48.5 Å². The molecule has 7 nitrogen and oxygen atoms in total. The highest BCUT2D eigenvalue weighted by molar-refractivity contribution is 5.93. The zero-order valence-electron chi connectivity index (χ0n) is 13.5. The molecule has 0 radical (unpaired) electrons. The highest BCUT2D eigenvalue weighted by Crippen LogP contribution is 2.17. The lowest BCUT2D eigenvalue weighted by Crippen LogP contribution is -2.27. The van der Waals surface area contributed by atoms with Crippen molar-refractivity contribution in [2.24, 2.45) is 0 Å². The molecule has 0 unspecified atom stereocenters. The second-order valence-corrected chi connectivity index (χ2v) is 5.75. The topological polar surface area (TPSA) is 94.2 Å². The first-order chi connectivity index (χ1) is 12.6. The number of carbonyl (C=O) groups excluding carboxylic acids is 1. The minimum atomic E-state index is -0.433. The molecule has 0 saturated heterocycles. The monoisotopic (exact) mass is 347 g/mol. The van der Waals surface area contributed by atoms with Gasteiger partial charge >= 0.3 is 5.63 Å². The Balaban J connectivity index is 1.57. The average Bonchev–Trinajstić information content (AvgIpc) is 2.64. The highest BCUT2D eigenvalue weighted by atomic mass is 16.4. The molecule has 2 aromatic carbocycles. The number of carbonyl (C=O) groups is 1. The molecule has 1 amide bonds. The number of benzene rings is 2. The SMILES string of the molecule is O=C(Cn1cnc2ccccc2c1=O)Nc1ccc2oc(=O)ccc2c1. The standard InChI is InChI=1S/C19H13N3O4/c23-17(10-22-11-20-15-4-2-1-3-14(15)19(22)25)21-13-6-7-16-12(9-13)5-8-18(24)26-16/h1-9,11H,10H2,(H,21,23). The van der Waals surface area contributed by atoms with Crippen LogP contribution in [0.4, 0.5) is 5.69 Å². The van der Waals surface area contributed by atoms with Crippen molar-refractivity contribution in [2.45, 2.75) is 6.54 Å². The van der Waals surface area contributed by atoms with Crippen LogP contribution in [-0.4, -0.2) is 15.5 Å². The van der Waals surface area contributed by atoms with Gasteiger partial charge in [-0.15, -0.1) is 0 Å². The van der Waals surface area contributed by atoms with Crippen LogP contribution in [0.25, 0.3) is 21.9 Å². The van der Waals surface area contributed by atoms with Crippen molar-refractivity contribution in [3.05, 3.63) is 81.7 Å². The van der Waals surface area contributed by atoms with Crippen molar-refractivity contribution >= 4 is 33.5 Å². The second-order valence-electron chi connectivity index (χ2n) is 5.75. The van der Waals surface area contributed by atoms with E-state index in [0.29, 0.717) is 27.6 Å². The fourth-order valence-electron chi connectivity index (χ4n) is 2.72. The van der Waals surface area contributed by atoms with Crippen molar-refractivity contribution in [3.8, 4) is 0 Å². The molecular formula is C19H13N3O4. The molecule has 2 aromatic heterocycles. The van der Waals surface area contributed by atoms with E-state index in [2.05, 4.69) is 10.3 Å². The van der Waals surface area contributed by atoms with Crippen LogP contribution in [0.1, 0.15) is 0 Å². The van der Waals surface area contributed by atoms with Crippen molar-refractivity contribution in [1.82, 2.24) is 9.55 Å². The predicted molar refractivity (Wildman–Crippen MR) is 97.1 cm³/mol. The summed E-state index contributed by atoms with van der Waals surface area (Å²) >= 11 is 0. The lowest BCUT2D eigenvalue weighted by molar-refractivity contribution is -0.116. The number of para-hydroxylation sites is 1. The quantitative estimate of drug-likeness (QED) is 0.573. The molecule has 0 aliphatic heterocycles. The molecule has 4 aromatic rings. The normalized spacial score (nSPS) is 10.9. The highest BCUT2D eigenvalue weighted by Gasteiger charge is 2.09. The summed E-state index contributed by atoms with van der Waals surface area (Å²) in [5.41, 5.74) is 0.859. The van der Waals surface area contributed by atoms with Gasteiger partial charge in [-0.3, -0.25) is 14.2 Å². The Morgan fingerprint density at radius 1 is 1.08 bits per heavy atom. The van der Waals surface area contributed by atoms with Gasteiger partial charge in [0.1, 0.15) is 12.1 Å². The summed E-state index contributed by atoms with van der Waals surface area (Å²) in [6.45, 7) is -0.154. The zero-order chi connectivity index (χ0) is 18.1. The van der Waals surface area contributed by atoms with Gasteiger partial charge in [-0.1, -0.05) is 12.1 Å². The van der Waals surface area contributed by atoms with E-state index in [1.807, 2.05) is 0 Å². The largest absolute Gasteiger partial charge is 0.423 e. The summed E-state index contributed by atoms with van der Waals surface area (Å²) in [5, 5.41) is 3.87. The molecular weight excluding hydrogens is 334 g/mol. The van der Waals surface area contributed by atoms with Crippen LogP contribution in [-0.2, 0) is 11.3 Å². The molecule has 26 heavy (non-hydrogen) atoms. The van der Waals surface area contributed by atoms with Gasteiger partial charge < -0.3 is 9.73 Å². The summed E-state index contributed by atoms with van der Waals surface area (Å²) in [6, 6.07) is 14.8. The molecule has 0 fully saturated rings. The number of fused-ring (bicyclic) bond motifs is 2. The third-order valence-electron chi connectivity index (χ3n) is 3.95. The van der Waals surface area contributed by atoms with Crippen molar-refractivity contribution in [1.29, 1.82) is 0 Å². The van der Waals surface area contributed by atoms with E-state index >= 15 is 0 Å². The lowest BCUT2D eigenvalue weighted by Gasteiger charge is -2.08. The van der Waals surface area contributed by atoms with Gasteiger partial charge in [0.25, 0.3) is 5.56 Å². The number of nitrogens with one attached hydrogen (secondary N) is 1. The molecule has 0 bridgehead atoms. The van der Waals surface area contributed by atoms with E-state index < -0.39 is 5.63 Å². The maximum Gasteiger partial charge on any atom is 0.336 e. The molecule has 0 saturated carbocycles. The van der Waals surface area contributed by atoms with Crippen LogP contribution >= 0.6 is 0 Å². The van der Waals surface area contributed by atoms with Gasteiger partial charge in [-0.25, -0.2) is 9.78 Å². The Hall–Kier alpha value is -3.74. The van der Waals surface area contributed by atoms with Gasteiger partial charge in [0.15, 0.2) is 0 Å². The summed E-state index contributed by atoms with van der Waals surface area (Å²) in [7, 11) is 0. The average molecular weight is 347 g/mol. The van der Waals surface area contributed by atoms with Crippen LogP contribution in [0.15, 0.2) is 74.9 Å². The second kappa shape index (κ2) is 6.29. The lowest BCUT2D eigenvalue weighted by atomic mass is 10.2. The van der Waals surface area contributed by atoms with Gasteiger partial charge in [-0.2, -0.15) is 0 Å². The molecule has 0 atom stereocenters. The van der Waals surface area contributed by atoms with Crippen LogP contribution in [0, 0.1) is 0 Å². The minimum absolute atomic E-state index is 0.154. The Morgan fingerprint density at radius 3 is 2.81 bits per heavy atom. The molecule has 0 aliphatic rings. The summed E-state index contributed by atoms with van der Waals surface area (Å²) in [5.74, 6) is -0.360. The minimum Gasteiger partial charge on any atom is -0.423 e. The van der Waals surface area contributed by atoms with Crippen molar-refractivity contribution in [3.63, 3.8) is 0 Å². The number of aromatic nitrogens is 2. The molecule has 0 spiro atoms. The first kappa shape index (κ1) is 15.8. The van der Waals surface area contributed by atoms with E-state index in [9.17, 15) is 14.4 Å². The van der Waals surface area contributed by atoms with E-state index in [1.165, 1.54) is 17.0 Å². The first-order valence-corrected chi connectivity index (χ1v) is 7.88. The van der Waals surface area contributed by atoms with E-state index in [0.717, 1.165) is 0 Å². The van der Waals surface area contributed by atoms with Crippen molar-refractivity contribution in [2.75, 3.05) is 5.32 Å². The van der Waals surface area contributed by atoms with Crippen LogP contribution < -0.4 is 16.5 Å². The molecule has 7 heteroatoms. The smallest absolute Gasteiger partial charge is 0.336 e. The Kier molecular flexibility index (Phi) is 3.81. The molecule has 1 N–H and O–H groups in total. The van der Waals surface area contributed by atoms with Crippen LogP contribution in [0.3, 0.4) is 0 Å². The van der Waals surface area contributed by atoms with Gasteiger partial charge in [0, 0.05) is 17.1 Å². The third-order valence-corrected chi connectivity index (χ3v) is 3.95. The maximum atomic E-state index is 12.4. The fraction of sp³-hybridized carbons (Fsp3) is 0.0526. The number of rotatable bonds is 3. The van der Waals surface area contributed by atoms with Gasteiger partial charge in [0.2, 0.25) is 5.91 Å². The molecule has 0 aliphatic carbocycles. The van der Waals surface area contributed by atoms with Crippen LogP contribution in [0.5, 0.6) is 0 Å². The fourth-order valence-corrected chi connectivity index (χ4v) is 2.72. The Morgan fingerprint density at radius 2 is 1.92 bits per heavy atom. The molecule has 2 heterocycles. The number of nitrogens with zero attached hydrogens (tertiary/aromatic N) is 2. The first-order valence-electron chi connectivity index (χ1n) is 7.88. The summed E-state index contributed by atoms with van der Waals surface area (Å²) in [4.78, 5) is 40.1. The number of hydrogen-bond donors (Lipinski definition) is 1. The van der Waals surface area contributed by atoms with Gasteiger partial charge in [0.05, 0.1) is 17.2 Å². The Bertz CT molecular complexity index is 1260. The van der Waals surface area contributed by atoms with E-state index in [-0.39, 0.29) is 18.0 Å². The van der Waals surface area contributed by atoms with Crippen molar-refractivity contribution < 1.29 is 9.21 Å². The third kappa shape index (κ3) is 2.98. The predicted octanol–water partition coefficient (Wildman–Crippen LogP) is 2.14. The molecule has 4 rings (SSSR count). The zero-order valence-corrected chi connectivity index (χ0v) is 13.5. The number of amides is 1. The summed E-state index contributed by atoms with van der Waals surface area (Å²) < 4.78 is 6.31. The van der Waals surface area contributed by atoms with Gasteiger partial charge in [-0.05, 0) is 36.4 Å². The van der Waals surface area contributed by atoms with Crippen LogP contribution in [0.2, 0.25) is 0 Å². The Labute approximate surface area is 146 Å². The molecule has 128 valence electrons. The maximum absolute atomic E-state index is 12.4.